The topological polar surface area (TPSA) is 95.9 Å². The average molecular weight is 463 g/mol. The number of carbonyl (C=O) groups excluding carboxylic acids is 2. The summed E-state index contributed by atoms with van der Waals surface area (Å²) in [5, 5.41) is 12.6. The van der Waals surface area contributed by atoms with Crippen LogP contribution in [0.3, 0.4) is 0 Å². The Bertz CT molecular complexity index is 1080. The van der Waals surface area contributed by atoms with E-state index in [0.29, 0.717) is 25.3 Å². The number of hydrogen-bond acceptors (Lipinski definition) is 4. The van der Waals surface area contributed by atoms with Gasteiger partial charge in [-0.05, 0) is 53.9 Å². The molecule has 2 aromatic carbocycles. The number of alkyl carbamates (subject to hydrolysis) is 1. The molecule has 7 nitrogen and oxygen atoms in total. The first-order valence-electron chi connectivity index (χ1n) is 12.0. The van der Waals surface area contributed by atoms with Gasteiger partial charge >= 0.3 is 12.1 Å². The SMILES string of the molecule is CC(CNC(=O)OCC1c2ccccc2-c2ccccc21)C(=O)N1CC2CCC1(C(=O)O)CC2. The van der Waals surface area contributed by atoms with Gasteiger partial charge in [-0.3, -0.25) is 4.79 Å². The number of amides is 2. The number of carboxylic acid groups (broad SMARTS) is 1. The molecule has 34 heavy (non-hydrogen) atoms. The van der Waals surface area contributed by atoms with Gasteiger partial charge in [0, 0.05) is 19.0 Å². The highest BCUT2D eigenvalue weighted by molar-refractivity contribution is 5.89. The van der Waals surface area contributed by atoms with Crippen LogP contribution < -0.4 is 5.32 Å². The number of nitrogens with zero attached hydrogens (tertiary/aromatic N) is 1. The first-order valence-corrected chi connectivity index (χ1v) is 12.0. The largest absolute Gasteiger partial charge is 0.479 e. The average Bonchev–Trinajstić information content (AvgIpc) is 3.19. The summed E-state index contributed by atoms with van der Waals surface area (Å²) in [6, 6.07) is 16.3. The molecule has 3 fully saturated rings. The lowest BCUT2D eigenvalue weighted by Crippen LogP contribution is -2.65. The highest BCUT2D eigenvalue weighted by Gasteiger charge is 2.54. The third kappa shape index (κ3) is 3.73. The number of aliphatic carboxylic acids is 1. The highest BCUT2D eigenvalue weighted by Crippen LogP contribution is 2.45. The summed E-state index contributed by atoms with van der Waals surface area (Å²) in [6.45, 7) is 2.52. The Balaban J connectivity index is 1.18. The number of rotatable bonds is 6. The van der Waals surface area contributed by atoms with Gasteiger partial charge in [-0.1, -0.05) is 55.5 Å². The van der Waals surface area contributed by atoms with Crippen molar-refractivity contribution in [1.82, 2.24) is 10.2 Å². The molecule has 2 aliphatic heterocycles. The molecule has 1 saturated carbocycles. The van der Waals surface area contributed by atoms with E-state index in [1.165, 1.54) is 0 Å². The molecule has 1 unspecified atom stereocenters. The van der Waals surface area contributed by atoms with Crippen molar-refractivity contribution in [2.75, 3.05) is 19.7 Å². The Labute approximate surface area is 199 Å². The molecule has 178 valence electrons. The van der Waals surface area contributed by atoms with E-state index in [1.807, 2.05) is 24.3 Å². The van der Waals surface area contributed by atoms with Crippen LogP contribution in [-0.2, 0) is 14.3 Å². The minimum Gasteiger partial charge on any atom is -0.479 e. The number of ether oxygens (including phenoxy) is 1. The van der Waals surface area contributed by atoms with Crippen LogP contribution in [0, 0.1) is 11.8 Å². The summed E-state index contributed by atoms with van der Waals surface area (Å²) >= 11 is 0. The van der Waals surface area contributed by atoms with Crippen LogP contribution in [0.15, 0.2) is 48.5 Å². The second-order valence-electron chi connectivity index (χ2n) is 9.84. The molecule has 2 amide bonds. The maximum Gasteiger partial charge on any atom is 0.407 e. The molecule has 0 aromatic heterocycles. The van der Waals surface area contributed by atoms with Crippen LogP contribution in [-0.4, -0.2) is 53.2 Å². The standard InChI is InChI=1S/C27H30N2O5/c1-17(24(30)29-15-18-10-12-27(29,13-11-18)25(31)32)14-28-26(33)34-16-23-21-8-4-2-6-19(21)20-7-3-5-9-22(20)23/h2-9,17-18,23H,10-16H2,1H3,(H,28,33)(H,31,32). The zero-order chi connectivity index (χ0) is 23.9. The molecular weight excluding hydrogens is 432 g/mol. The number of hydrogen-bond donors (Lipinski definition) is 2. The lowest BCUT2D eigenvalue weighted by molar-refractivity contribution is -0.172. The van der Waals surface area contributed by atoms with Gasteiger partial charge in [-0.25, -0.2) is 9.59 Å². The van der Waals surface area contributed by atoms with Gasteiger partial charge in [0.2, 0.25) is 5.91 Å². The first kappa shape index (κ1) is 22.4. The third-order valence-electron chi connectivity index (χ3n) is 7.87. The predicted molar refractivity (Wildman–Crippen MR) is 126 cm³/mol. The molecule has 0 radical (unpaired) electrons. The monoisotopic (exact) mass is 462 g/mol. The molecule has 2 aliphatic carbocycles. The number of piperidine rings is 2. The van der Waals surface area contributed by atoms with Crippen molar-refractivity contribution in [3.05, 3.63) is 59.7 Å². The van der Waals surface area contributed by atoms with Crippen molar-refractivity contribution in [2.45, 2.75) is 44.1 Å². The Morgan fingerprint density at radius 3 is 2.24 bits per heavy atom. The van der Waals surface area contributed by atoms with Crippen molar-refractivity contribution in [3.63, 3.8) is 0 Å². The zero-order valence-corrected chi connectivity index (χ0v) is 19.3. The van der Waals surface area contributed by atoms with Gasteiger partial charge in [0.1, 0.15) is 12.1 Å². The van der Waals surface area contributed by atoms with Gasteiger partial charge in [0.15, 0.2) is 0 Å². The van der Waals surface area contributed by atoms with Crippen LogP contribution in [0.5, 0.6) is 0 Å². The number of nitrogens with one attached hydrogen (secondary N) is 1. The summed E-state index contributed by atoms with van der Waals surface area (Å²) in [7, 11) is 0. The van der Waals surface area contributed by atoms with Gasteiger partial charge in [-0.2, -0.15) is 0 Å². The van der Waals surface area contributed by atoms with E-state index in [-0.39, 0.29) is 25.0 Å². The molecule has 1 atom stereocenters. The fourth-order valence-electron chi connectivity index (χ4n) is 5.91. The molecular formula is C27H30N2O5. The number of benzene rings is 2. The van der Waals surface area contributed by atoms with E-state index in [4.69, 9.17) is 4.74 Å². The Kier molecular flexibility index (Phi) is 5.80. The van der Waals surface area contributed by atoms with Gasteiger partial charge in [0.25, 0.3) is 0 Å². The quantitative estimate of drug-likeness (QED) is 0.676. The van der Waals surface area contributed by atoms with E-state index < -0.39 is 23.5 Å². The van der Waals surface area contributed by atoms with Crippen LogP contribution in [0.2, 0.25) is 0 Å². The van der Waals surface area contributed by atoms with Crippen molar-refractivity contribution in [3.8, 4) is 11.1 Å². The third-order valence-corrected chi connectivity index (χ3v) is 7.87. The number of carbonyl (C=O) groups is 3. The molecule has 2 N–H and O–H groups in total. The van der Waals surface area contributed by atoms with Crippen molar-refractivity contribution in [2.24, 2.45) is 11.8 Å². The molecule has 6 rings (SSSR count). The normalized spacial score (nSPS) is 23.7. The minimum atomic E-state index is -1.09. The van der Waals surface area contributed by atoms with Crippen LogP contribution >= 0.6 is 0 Å². The molecule has 2 heterocycles. The summed E-state index contributed by atoms with van der Waals surface area (Å²) in [5.41, 5.74) is 3.51. The van der Waals surface area contributed by atoms with Crippen molar-refractivity contribution in [1.29, 1.82) is 0 Å². The second-order valence-corrected chi connectivity index (χ2v) is 9.84. The van der Waals surface area contributed by atoms with Gasteiger partial charge < -0.3 is 20.1 Å². The van der Waals surface area contributed by atoms with Crippen LogP contribution in [0.4, 0.5) is 4.79 Å². The Morgan fingerprint density at radius 2 is 1.65 bits per heavy atom. The molecule has 2 saturated heterocycles. The lowest BCUT2D eigenvalue weighted by atomic mass is 9.70. The van der Waals surface area contributed by atoms with Crippen LogP contribution in [0.25, 0.3) is 11.1 Å². The van der Waals surface area contributed by atoms with Gasteiger partial charge in [0.05, 0.1) is 5.92 Å². The molecule has 7 heteroatoms. The number of carboxylic acids is 1. The minimum absolute atomic E-state index is 0.0310. The Hall–Kier alpha value is -3.35. The van der Waals surface area contributed by atoms with Gasteiger partial charge in [-0.15, -0.1) is 0 Å². The smallest absolute Gasteiger partial charge is 0.407 e. The van der Waals surface area contributed by atoms with E-state index in [1.54, 1.807) is 11.8 Å². The molecule has 2 bridgehead atoms. The molecule has 4 aliphatic rings. The Morgan fingerprint density at radius 1 is 1.06 bits per heavy atom. The van der Waals surface area contributed by atoms with E-state index >= 15 is 0 Å². The summed E-state index contributed by atoms with van der Waals surface area (Å²) in [4.78, 5) is 39.2. The summed E-state index contributed by atoms with van der Waals surface area (Å²) in [5.74, 6) is -1.33. The lowest BCUT2D eigenvalue weighted by Gasteiger charge is -2.52. The van der Waals surface area contributed by atoms with Crippen molar-refractivity contribution >= 4 is 18.0 Å². The summed E-state index contributed by atoms with van der Waals surface area (Å²) < 4.78 is 5.55. The predicted octanol–water partition coefficient (Wildman–Crippen LogP) is 4.02. The van der Waals surface area contributed by atoms with E-state index in [0.717, 1.165) is 35.1 Å². The fourth-order valence-corrected chi connectivity index (χ4v) is 5.91. The van der Waals surface area contributed by atoms with Crippen LogP contribution in [0.1, 0.15) is 49.7 Å². The maximum atomic E-state index is 13.1. The van der Waals surface area contributed by atoms with Crippen molar-refractivity contribution < 1.29 is 24.2 Å². The number of fused-ring (bicyclic) bond motifs is 6. The maximum absolute atomic E-state index is 13.1. The zero-order valence-electron chi connectivity index (χ0n) is 19.3. The first-order chi connectivity index (χ1) is 16.4. The van der Waals surface area contributed by atoms with E-state index in [2.05, 4.69) is 29.6 Å². The molecule has 0 spiro atoms. The fraction of sp³-hybridized carbons (Fsp3) is 0.444. The molecule has 2 aromatic rings. The summed E-state index contributed by atoms with van der Waals surface area (Å²) in [6.07, 6.45) is 2.14. The van der Waals surface area contributed by atoms with E-state index in [9.17, 15) is 19.5 Å². The highest BCUT2D eigenvalue weighted by atomic mass is 16.5. The second kappa shape index (κ2) is 8.78.